The topological polar surface area (TPSA) is 214 Å². The Balaban J connectivity index is 3.20. The van der Waals surface area contributed by atoms with Gasteiger partial charge in [-0.2, -0.15) is 0 Å². The van der Waals surface area contributed by atoms with Gasteiger partial charge in [0, 0.05) is 12.8 Å². The molecule has 0 bridgehead atoms. The van der Waals surface area contributed by atoms with Gasteiger partial charge in [0.25, 0.3) is 0 Å². The Morgan fingerprint density at radius 2 is 1.46 bits per heavy atom. The lowest BCUT2D eigenvalue weighted by Crippen LogP contribution is -2.59. The molecule has 0 aliphatic rings. The first-order valence-corrected chi connectivity index (χ1v) is 12.2. The van der Waals surface area contributed by atoms with E-state index in [9.17, 15) is 34.2 Å². The lowest BCUT2D eigenvalue weighted by molar-refractivity contribution is -0.142. The van der Waals surface area contributed by atoms with Crippen molar-refractivity contribution < 1.29 is 34.2 Å². The number of nitrogens with one attached hydrogen (secondary N) is 3. The maximum absolute atomic E-state index is 13.3. The fraction of sp³-hybridized carbons (Fsp3) is 0.560. The summed E-state index contributed by atoms with van der Waals surface area (Å²) in [5, 5.41) is 26.7. The van der Waals surface area contributed by atoms with Crippen LogP contribution in [0.1, 0.15) is 52.5 Å². The number of carboxylic acids is 1. The zero-order chi connectivity index (χ0) is 28.3. The van der Waals surface area contributed by atoms with E-state index in [1.54, 1.807) is 32.9 Å². The van der Waals surface area contributed by atoms with E-state index in [0.29, 0.717) is 12.0 Å². The minimum absolute atomic E-state index is 0.00668. The number of carboxylic acid groups (broad SMARTS) is 1. The molecule has 1 rings (SSSR count). The molecule has 206 valence electrons. The summed E-state index contributed by atoms with van der Waals surface area (Å²) in [6, 6.07) is 1.46. The molecule has 12 heteroatoms. The number of aliphatic carboxylic acids is 1. The van der Waals surface area contributed by atoms with Crippen LogP contribution < -0.4 is 27.4 Å². The van der Waals surface area contributed by atoms with Crippen molar-refractivity contribution in [3.63, 3.8) is 0 Å². The number of hydrogen-bond donors (Lipinski definition) is 7. The van der Waals surface area contributed by atoms with Crippen LogP contribution in [0.15, 0.2) is 24.3 Å². The average Bonchev–Trinajstić information content (AvgIpc) is 2.84. The molecule has 12 nitrogen and oxygen atoms in total. The summed E-state index contributed by atoms with van der Waals surface area (Å²) in [5.74, 6) is -4.49. The first-order valence-electron chi connectivity index (χ1n) is 12.2. The minimum Gasteiger partial charge on any atom is -0.508 e. The Labute approximate surface area is 216 Å². The molecule has 9 N–H and O–H groups in total. The molecule has 0 aromatic heterocycles. The van der Waals surface area contributed by atoms with Crippen molar-refractivity contribution in [2.45, 2.75) is 77.5 Å². The van der Waals surface area contributed by atoms with Gasteiger partial charge in [-0.25, -0.2) is 4.79 Å². The van der Waals surface area contributed by atoms with Crippen LogP contribution in [0, 0.1) is 11.8 Å². The third-order valence-corrected chi connectivity index (χ3v) is 6.12. The highest BCUT2D eigenvalue weighted by Gasteiger charge is 2.33. The van der Waals surface area contributed by atoms with Gasteiger partial charge in [0.2, 0.25) is 23.6 Å². The van der Waals surface area contributed by atoms with Gasteiger partial charge in [-0.3, -0.25) is 19.2 Å². The van der Waals surface area contributed by atoms with Gasteiger partial charge in [0.1, 0.15) is 23.9 Å². The fourth-order valence-corrected chi connectivity index (χ4v) is 3.41. The predicted octanol–water partition coefficient (Wildman–Crippen LogP) is -0.231. The lowest BCUT2D eigenvalue weighted by atomic mass is 9.96. The first-order chi connectivity index (χ1) is 17.3. The van der Waals surface area contributed by atoms with Gasteiger partial charge in [0.05, 0.1) is 6.04 Å². The van der Waals surface area contributed by atoms with Gasteiger partial charge in [0.15, 0.2) is 0 Å². The van der Waals surface area contributed by atoms with Gasteiger partial charge in [-0.1, -0.05) is 46.2 Å². The van der Waals surface area contributed by atoms with Crippen molar-refractivity contribution >= 4 is 29.6 Å². The van der Waals surface area contributed by atoms with E-state index in [4.69, 9.17) is 11.5 Å². The smallest absolute Gasteiger partial charge is 0.326 e. The molecule has 0 fully saturated rings. The van der Waals surface area contributed by atoms with Crippen LogP contribution in [0.5, 0.6) is 5.75 Å². The second-order valence-electron chi connectivity index (χ2n) is 9.48. The zero-order valence-electron chi connectivity index (χ0n) is 21.7. The van der Waals surface area contributed by atoms with E-state index in [2.05, 4.69) is 16.0 Å². The molecule has 1 aromatic rings. The fourth-order valence-electron chi connectivity index (χ4n) is 3.41. The normalized spacial score (nSPS) is 15.1. The Morgan fingerprint density at radius 3 is 1.95 bits per heavy atom. The summed E-state index contributed by atoms with van der Waals surface area (Å²) < 4.78 is 0. The number of rotatable bonds is 15. The van der Waals surface area contributed by atoms with E-state index in [0.717, 1.165) is 0 Å². The summed E-state index contributed by atoms with van der Waals surface area (Å²) in [6.45, 7) is 7.16. The molecule has 0 aliphatic heterocycles. The van der Waals surface area contributed by atoms with Crippen LogP contribution >= 0.6 is 0 Å². The van der Waals surface area contributed by atoms with Crippen LogP contribution in [-0.2, 0) is 30.4 Å². The van der Waals surface area contributed by atoms with Crippen LogP contribution in [-0.4, -0.2) is 64.0 Å². The number of phenols is 1. The monoisotopic (exact) mass is 521 g/mol. The molecule has 1 aromatic carbocycles. The number of carbonyl (C=O) groups is 5. The van der Waals surface area contributed by atoms with Crippen molar-refractivity contribution in [1.29, 1.82) is 0 Å². The number of aromatic hydroxyl groups is 1. The third-order valence-electron chi connectivity index (χ3n) is 6.12. The Kier molecular flexibility index (Phi) is 12.5. The molecule has 4 amide bonds. The molecule has 0 radical (unpaired) electrons. The maximum atomic E-state index is 13.3. The second kappa shape index (κ2) is 14.8. The average molecular weight is 522 g/mol. The molecule has 0 saturated heterocycles. The molecular formula is C25H39N5O7. The molecule has 5 unspecified atom stereocenters. The highest BCUT2D eigenvalue weighted by atomic mass is 16.4. The number of carbonyl (C=O) groups excluding carboxylic acids is 4. The summed E-state index contributed by atoms with van der Waals surface area (Å²) in [4.78, 5) is 61.7. The summed E-state index contributed by atoms with van der Waals surface area (Å²) in [5.41, 5.74) is 11.6. The predicted molar refractivity (Wildman–Crippen MR) is 136 cm³/mol. The number of benzene rings is 1. The van der Waals surface area contributed by atoms with Crippen LogP contribution in [0.2, 0.25) is 0 Å². The summed E-state index contributed by atoms with van der Waals surface area (Å²) >= 11 is 0. The lowest BCUT2D eigenvalue weighted by Gasteiger charge is -2.28. The molecule has 0 heterocycles. The number of primary amides is 1. The third kappa shape index (κ3) is 10.5. The van der Waals surface area contributed by atoms with Gasteiger partial charge >= 0.3 is 5.97 Å². The Hall–Kier alpha value is -3.67. The Morgan fingerprint density at radius 1 is 0.892 bits per heavy atom. The standard InChI is InChI=1S/C25H39N5O7/c1-5-14(4)21(30-23(34)20(27)13(2)3)24(35)29-18(12-15-6-8-16(31)9-7-15)22(33)28-17(25(36)37)10-11-19(26)32/h6-9,13-14,17-18,20-21,31H,5,10-12,27H2,1-4H3,(H2,26,32)(H,28,33)(H,29,35)(H,30,34)(H,36,37). The SMILES string of the molecule is CCC(C)C(NC(=O)C(N)C(C)C)C(=O)NC(Cc1ccc(O)cc1)C(=O)NC(CCC(N)=O)C(=O)O. The quantitative estimate of drug-likeness (QED) is 0.163. The van der Waals surface area contributed by atoms with Crippen molar-refractivity contribution in [1.82, 2.24) is 16.0 Å². The number of nitrogens with two attached hydrogens (primary N) is 2. The highest BCUT2D eigenvalue weighted by Crippen LogP contribution is 2.14. The zero-order valence-corrected chi connectivity index (χ0v) is 21.7. The van der Waals surface area contributed by atoms with E-state index >= 15 is 0 Å². The molecule has 37 heavy (non-hydrogen) atoms. The molecule has 0 spiro atoms. The summed E-state index contributed by atoms with van der Waals surface area (Å²) in [7, 11) is 0. The van der Waals surface area contributed by atoms with Gasteiger partial charge in [-0.05, 0) is 36.0 Å². The van der Waals surface area contributed by atoms with Crippen LogP contribution in [0.3, 0.4) is 0 Å². The van der Waals surface area contributed by atoms with Crippen molar-refractivity contribution in [3.8, 4) is 5.75 Å². The molecular weight excluding hydrogens is 482 g/mol. The van der Waals surface area contributed by atoms with E-state index < -0.39 is 53.8 Å². The van der Waals surface area contributed by atoms with Crippen molar-refractivity contribution in [2.75, 3.05) is 0 Å². The first kappa shape index (κ1) is 31.4. The van der Waals surface area contributed by atoms with Crippen molar-refractivity contribution in [2.24, 2.45) is 23.3 Å². The van der Waals surface area contributed by atoms with Gasteiger partial charge < -0.3 is 37.6 Å². The Bertz CT molecular complexity index is 951. The molecule has 5 atom stereocenters. The second-order valence-corrected chi connectivity index (χ2v) is 9.48. The van der Waals surface area contributed by atoms with E-state index in [1.807, 2.05) is 6.92 Å². The molecule has 0 saturated carbocycles. The van der Waals surface area contributed by atoms with E-state index in [1.165, 1.54) is 12.1 Å². The van der Waals surface area contributed by atoms with E-state index in [-0.39, 0.29) is 36.8 Å². The van der Waals surface area contributed by atoms with Crippen LogP contribution in [0.4, 0.5) is 0 Å². The number of phenolic OH excluding ortho intramolecular Hbond substituents is 1. The van der Waals surface area contributed by atoms with Crippen LogP contribution in [0.25, 0.3) is 0 Å². The number of hydrogen-bond acceptors (Lipinski definition) is 7. The van der Waals surface area contributed by atoms with Crippen molar-refractivity contribution in [3.05, 3.63) is 29.8 Å². The number of amides is 4. The van der Waals surface area contributed by atoms with Gasteiger partial charge in [-0.15, -0.1) is 0 Å². The highest BCUT2D eigenvalue weighted by molar-refractivity contribution is 5.94. The maximum Gasteiger partial charge on any atom is 0.326 e. The minimum atomic E-state index is -1.41. The largest absolute Gasteiger partial charge is 0.508 e. The molecule has 0 aliphatic carbocycles. The summed E-state index contributed by atoms with van der Waals surface area (Å²) in [6.07, 6.45) is 0.0182.